The molecule has 0 aromatic heterocycles. The summed E-state index contributed by atoms with van der Waals surface area (Å²) in [6.07, 6.45) is -3.25. The Labute approximate surface area is 385 Å². The van der Waals surface area contributed by atoms with Crippen LogP contribution in [0.2, 0.25) is 0 Å². The molecule has 0 saturated carbocycles. The summed E-state index contributed by atoms with van der Waals surface area (Å²) >= 11 is 0. The minimum atomic E-state index is -4.30. The van der Waals surface area contributed by atoms with Gasteiger partial charge in [0.2, 0.25) is 0 Å². The highest BCUT2D eigenvalue weighted by molar-refractivity contribution is 7.48. The summed E-state index contributed by atoms with van der Waals surface area (Å²) in [5, 5.41) is 30.2. The van der Waals surface area contributed by atoms with E-state index in [1.165, 1.54) is 0 Å². The SMILES string of the molecule is C[C@@H]1[C@@H](C)[C@H](COP(=O)(OCCC#N)OC[C@H]2O[C@@H](COP(=O)(OCCC#N)OC[C@H]3O[C@@H](COC(=O)c4ccc5ccccc5c4)[C@H](C)[C@@H](C)[C@@H]3C)[C@H](C)[C@@H](C)[C@@H]2C)O[C@H](CO)[C@H]1C. The first-order valence-electron chi connectivity index (χ1n) is 23.0. The van der Waals surface area contributed by atoms with Gasteiger partial charge < -0.3 is 24.1 Å². The summed E-state index contributed by atoms with van der Waals surface area (Å²) in [6.45, 7) is 17.1. The maximum absolute atomic E-state index is 14.3. The number of nitriles is 2. The molecular formula is C47H70N2O14P2. The molecule has 3 saturated heterocycles. The van der Waals surface area contributed by atoms with E-state index in [2.05, 4.69) is 20.8 Å². The molecule has 18 heteroatoms. The third kappa shape index (κ3) is 13.9. The van der Waals surface area contributed by atoms with E-state index in [0.29, 0.717) is 5.56 Å². The molecule has 0 bridgehead atoms. The van der Waals surface area contributed by atoms with E-state index < -0.39 is 58.2 Å². The molecule has 65 heavy (non-hydrogen) atoms. The van der Waals surface area contributed by atoms with Crippen LogP contribution in [0.25, 0.3) is 10.8 Å². The van der Waals surface area contributed by atoms with Crippen molar-refractivity contribution in [2.75, 3.05) is 52.9 Å². The Balaban J connectivity index is 1.20. The van der Waals surface area contributed by atoms with Gasteiger partial charge in [0.1, 0.15) is 6.61 Å². The quantitative estimate of drug-likeness (QED) is 0.0662. The smallest absolute Gasteiger partial charge is 0.459 e. The zero-order valence-corrected chi connectivity index (χ0v) is 41.1. The molecule has 2 aromatic rings. The Morgan fingerprint density at radius 1 is 0.538 bits per heavy atom. The molecular weight excluding hydrogens is 878 g/mol. The number of esters is 1. The fourth-order valence-corrected chi connectivity index (χ4v) is 11.3. The minimum absolute atomic E-state index is 0.0109. The first kappa shape index (κ1) is 53.2. The molecule has 3 heterocycles. The van der Waals surface area contributed by atoms with Crippen molar-refractivity contribution in [2.24, 2.45) is 53.3 Å². The number of rotatable bonds is 22. The van der Waals surface area contributed by atoms with E-state index in [1.54, 1.807) is 12.1 Å². The van der Waals surface area contributed by atoms with Gasteiger partial charge in [-0.25, -0.2) is 13.9 Å². The zero-order valence-electron chi connectivity index (χ0n) is 39.3. The summed E-state index contributed by atoms with van der Waals surface area (Å²) in [5.41, 5.74) is 0.438. The van der Waals surface area contributed by atoms with Gasteiger partial charge in [0, 0.05) is 0 Å². The van der Waals surface area contributed by atoms with Crippen molar-refractivity contribution in [3.8, 4) is 12.1 Å². The van der Waals surface area contributed by atoms with Gasteiger partial charge in [0.15, 0.2) is 0 Å². The molecule has 1 N–H and O–H groups in total. The fraction of sp³-hybridized carbons (Fsp3) is 0.723. The number of hydrogen-bond acceptors (Lipinski definition) is 16. The lowest BCUT2D eigenvalue weighted by Crippen LogP contribution is -2.48. The number of fused-ring (bicyclic) bond motifs is 1. The van der Waals surface area contributed by atoms with Crippen LogP contribution in [0.15, 0.2) is 42.5 Å². The second-order valence-electron chi connectivity index (χ2n) is 18.3. The van der Waals surface area contributed by atoms with Crippen LogP contribution in [0.1, 0.15) is 85.5 Å². The third-order valence-corrected chi connectivity index (χ3v) is 17.5. The van der Waals surface area contributed by atoms with Crippen LogP contribution in [0, 0.1) is 75.9 Å². The molecule has 5 rings (SSSR count). The van der Waals surface area contributed by atoms with Crippen LogP contribution in [-0.4, -0.2) is 101 Å². The normalized spacial score (nSPS) is 34.7. The van der Waals surface area contributed by atoms with Crippen LogP contribution in [0.4, 0.5) is 0 Å². The Hall–Kier alpha value is -2.79. The molecule has 362 valence electrons. The Morgan fingerprint density at radius 3 is 1.31 bits per heavy atom. The van der Waals surface area contributed by atoms with Crippen LogP contribution >= 0.6 is 15.6 Å². The average molecular weight is 949 g/mol. The molecule has 0 amide bonds. The summed E-state index contributed by atoms with van der Waals surface area (Å²) in [6, 6.07) is 17.2. The van der Waals surface area contributed by atoms with Crippen molar-refractivity contribution in [1.82, 2.24) is 0 Å². The maximum Gasteiger partial charge on any atom is 0.474 e. The van der Waals surface area contributed by atoms with Gasteiger partial charge in [0.05, 0.1) is 113 Å². The van der Waals surface area contributed by atoms with E-state index in [1.807, 2.05) is 84.0 Å². The van der Waals surface area contributed by atoms with Gasteiger partial charge in [-0.15, -0.1) is 0 Å². The third-order valence-electron chi connectivity index (χ3n) is 14.6. The van der Waals surface area contributed by atoms with E-state index in [0.717, 1.165) is 10.8 Å². The van der Waals surface area contributed by atoms with Crippen molar-refractivity contribution >= 4 is 32.4 Å². The number of aliphatic hydroxyl groups is 1. The summed E-state index contributed by atoms with van der Waals surface area (Å²) in [5.74, 6) is -0.178. The molecule has 0 spiro atoms. The number of hydrogen-bond donors (Lipinski definition) is 1. The summed E-state index contributed by atoms with van der Waals surface area (Å²) in [4.78, 5) is 13.1. The number of benzene rings is 2. The number of carbonyl (C=O) groups excluding carboxylic acids is 1. The lowest BCUT2D eigenvalue weighted by atomic mass is 9.77. The highest BCUT2D eigenvalue weighted by Crippen LogP contribution is 2.53. The molecule has 2 unspecified atom stereocenters. The van der Waals surface area contributed by atoms with Gasteiger partial charge in [-0.3, -0.25) is 27.1 Å². The van der Waals surface area contributed by atoms with Crippen LogP contribution in [0.5, 0.6) is 0 Å². The van der Waals surface area contributed by atoms with Crippen molar-refractivity contribution in [1.29, 1.82) is 10.5 Å². The molecule has 3 aliphatic heterocycles. The van der Waals surface area contributed by atoms with Crippen molar-refractivity contribution in [3.05, 3.63) is 48.0 Å². The molecule has 16 nitrogen and oxygen atoms in total. The topological polar surface area (TPSA) is 211 Å². The average Bonchev–Trinajstić information content (AvgIpc) is 3.30. The Morgan fingerprint density at radius 2 is 0.908 bits per heavy atom. The first-order chi connectivity index (χ1) is 30.9. The van der Waals surface area contributed by atoms with Gasteiger partial charge in [-0.05, 0) is 76.2 Å². The molecule has 3 fully saturated rings. The lowest BCUT2D eigenvalue weighted by molar-refractivity contribution is -0.167. The van der Waals surface area contributed by atoms with Crippen molar-refractivity contribution < 1.29 is 65.1 Å². The number of phosphoric ester groups is 2. The van der Waals surface area contributed by atoms with E-state index >= 15 is 0 Å². The van der Waals surface area contributed by atoms with E-state index in [4.69, 9.17) is 51.4 Å². The number of ether oxygens (including phenoxy) is 4. The monoisotopic (exact) mass is 948 g/mol. The van der Waals surface area contributed by atoms with Gasteiger partial charge in [-0.2, -0.15) is 10.5 Å². The lowest BCUT2D eigenvalue weighted by Gasteiger charge is -2.44. The Kier molecular flexibility index (Phi) is 20.0. The number of aliphatic hydroxyl groups excluding tert-OH is 1. The largest absolute Gasteiger partial charge is 0.474 e. The van der Waals surface area contributed by atoms with Gasteiger partial charge in [-0.1, -0.05) is 92.6 Å². The van der Waals surface area contributed by atoms with Crippen molar-refractivity contribution in [2.45, 2.75) is 112 Å². The highest BCUT2D eigenvalue weighted by Gasteiger charge is 2.45. The number of nitrogens with zero attached hydrogens (tertiary/aromatic N) is 2. The predicted molar refractivity (Wildman–Crippen MR) is 241 cm³/mol. The molecule has 0 radical (unpaired) electrons. The minimum Gasteiger partial charge on any atom is -0.459 e. The van der Waals surface area contributed by atoms with Crippen molar-refractivity contribution in [3.63, 3.8) is 0 Å². The van der Waals surface area contributed by atoms with E-state index in [9.17, 15) is 24.3 Å². The van der Waals surface area contributed by atoms with Crippen LogP contribution in [0.3, 0.4) is 0 Å². The fourth-order valence-electron chi connectivity index (χ4n) is 8.90. The predicted octanol–water partition coefficient (Wildman–Crippen LogP) is 9.16. The molecule has 17 atom stereocenters. The molecule has 3 aliphatic rings. The van der Waals surface area contributed by atoms with Gasteiger partial charge >= 0.3 is 21.6 Å². The summed E-state index contributed by atoms with van der Waals surface area (Å²) in [7, 11) is -8.54. The number of phosphoric acid groups is 2. The van der Waals surface area contributed by atoms with E-state index in [-0.39, 0.29) is 119 Å². The zero-order chi connectivity index (χ0) is 47.5. The standard InChI is InChI=1S/C47H70N2O14P2/c1-29-32(4)41(23-50)61-43(34(29)6)25-57-64(52,55-20-12-18-48)59-27-45-36(8)31(3)37(9)46(63-45)28-60-65(53,56-21-13-19-49)58-26-44-35(7)30(2)33(5)42(62-44)24-54-47(51)40-17-16-38-14-10-11-15-39(38)22-40/h10-11,14-17,22,29-37,41-46,50H,12-13,20-21,23-28H2,1-9H3/t29-,30+,31-,32-,33+,34+,35-,36-,37+,41+,42-,43-,44+,45+,46-,64?,65?/m0/s1. The second-order valence-corrected chi connectivity index (χ2v) is 21.6. The maximum atomic E-state index is 14.3. The molecule has 0 aliphatic carbocycles. The van der Waals surface area contributed by atoms with Crippen LogP contribution < -0.4 is 0 Å². The number of carbonyl (C=O) groups is 1. The Bertz CT molecular complexity index is 2030. The summed E-state index contributed by atoms with van der Waals surface area (Å²) < 4.78 is 88.2. The van der Waals surface area contributed by atoms with Gasteiger partial charge in [0.25, 0.3) is 0 Å². The second kappa shape index (κ2) is 24.5. The van der Waals surface area contributed by atoms with Crippen LogP contribution in [-0.2, 0) is 55.2 Å². The highest BCUT2D eigenvalue weighted by atomic mass is 31.2. The molecule has 2 aromatic carbocycles. The first-order valence-corrected chi connectivity index (χ1v) is 25.9.